The lowest BCUT2D eigenvalue weighted by Gasteiger charge is -2.42. The highest BCUT2D eigenvalue weighted by atomic mass is 19.3. The van der Waals surface area contributed by atoms with Gasteiger partial charge in [-0.05, 0) is 18.6 Å². The van der Waals surface area contributed by atoms with Crippen LogP contribution in [0.4, 0.5) is 8.78 Å². The van der Waals surface area contributed by atoms with Crippen molar-refractivity contribution in [1.82, 2.24) is 14.4 Å². The maximum absolute atomic E-state index is 14.4. The molecular weight excluding hydrogens is 332 g/mol. The topological polar surface area (TPSA) is 54.8 Å². The van der Waals surface area contributed by atoms with E-state index in [4.69, 9.17) is 4.74 Å². The van der Waals surface area contributed by atoms with Gasteiger partial charge in [0.25, 0.3) is 11.8 Å². The second-order valence-electron chi connectivity index (χ2n) is 7.01. The molecule has 1 spiro atoms. The molecule has 0 saturated carbocycles. The van der Waals surface area contributed by atoms with Gasteiger partial charge in [-0.1, -0.05) is 0 Å². The van der Waals surface area contributed by atoms with Crippen LogP contribution in [0.15, 0.2) is 18.3 Å². The maximum Gasteiger partial charge on any atom is 0.270 e. The summed E-state index contributed by atoms with van der Waals surface area (Å²) >= 11 is 0. The van der Waals surface area contributed by atoms with Crippen molar-refractivity contribution in [3.05, 3.63) is 24.0 Å². The fourth-order valence-corrected chi connectivity index (χ4v) is 3.91. The number of carbonyl (C=O) groups excluding carboxylic acids is 2. The van der Waals surface area contributed by atoms with E-state index in [1.54, 1.807) is 34.8 Å². The minimum Gasteiger partial charge on any atom is -0.383 e. The molecule has 2 aliphatic rings. The van der Waals surface area contributed by atoms with Gasteiger partial charge in [0.05, 0.1) is 18.6 Å². The second-order valence-corrected chi connectivity index (χ2v) is 7.01. The number of ether oxygens (including phenoxy) is 1. The van der Waals surface area contributed by atoms with Crippen LogP contribution in [-0.2, 0) is 16.6 Å². The SMILES string of the molecule is COCCN1CC[C@]2(CN(C(=O)c3cccn3C)CC(F)(F)C2)C1=O. The number of piperidine rings is 1. The Balaban J connectivity index is 1.83. The highest BCUT2D eigenvalue weighted by Crippen LogP contribution is 2.45. The zero-order valence-corrected chi connectivity index (χ0v) is 14.5. The average molecular weight is 355 g/mol. The number of rotatable bonds is 4. The molecule has 8 heteroatoms. The van der Waals surface area contributed by atoms with Gasteiger partial charge in [-0.25, -0.2) is 8.78 Å². The normalized spacial score (nSPS) is 25.8. The van der Waals surface area contributed by atoms with Crippen molar-refractivity contribution in [2.45, 2.75) is 18.8 Å². The molecule has 0 unspecified atom stereocenters. The molecular formula is C17H23F2N3O3. The van der Waals surface area contributed by atoms with Crippen molar-refractivity contribution in [2.75, 3.05) is 39.9 Å². The van der Waals surface area contributed by atoms with Gasteiger partial charge in [-0.15, -0.1) is 0 Å². The summed E-state index contributed by atoms with van der Waals surface area (Å²) in [6.45, 7) is 0.558. The quantitative estimate of drug-likeness (QED) is 0.820. The fourth-order valence-electron chi connectivity index (χ4n) is 3.91. The lowest BCUT2D eigenvalue weighted by molar-refractivity contribution is -0.151. The number of methoxy groups -OCH3 is 1. The Morgan fingerprint density at radius 3 is 2.76 bits per heavy atom. The monoisotopic (exact) mass is 355 g/mol. The average Bonchev–Trinajstić information content (AvgIpc) is 3.09. The molecule has 2 amide bonds. The molecule has 3 heterocycles. The van der Waals surface area contributed by atoms with E-state index >= 15 is 0 Å². The molecule has 25 heavy (non-hydrogen) atoms. The molecule has 0 aliphatic carbocycles. The highest BCUT2D eigenvalue weighted by molar-refractivity contribution is 5.94. The summed E-state index contributed by atoms with van der Waals surface area (Å²) in [7, 11) is 3.23. The van der Waals surface area contributed by atoms with E-state index in [2.05, 4.69) is 0 Å². The number of hydrogen-bond acceptors (Lipinski definition) is 3. The molecule has 6 nitrogen and oxygen atoms in total. The van der Waals surface area contributed by atoms with Gasteiger partial charge in [0.2, 0.25) is 5.91 Å². The Hall–Kier alpha value is -1.96. The van der Waals surface area contributed by atoms with Crippen LogP contribution in [0.25, 0.3) is 0 Å². The van der Waals surface area contributed by atoms with Crippen molar-refractivity contribution in [3.8, 4) is 0 Å². The minimum absolute atomic E-state index is 0.0366. The van der Waals surface area contributed by atoms with Crippen molar-refractivity contribution in [3.63, 3.8) is 0 Å². The zero-order chi connectivity index (χ0) is 18.2. The van der Waals surface area contributed by atoms with Crippen LogP contribution in [0.2, 0.25) is 0 Å². The molecule has 0 radical (unpaired) electrons. The summed E-state index contributed by atoms with van der Waals surface area (Å²) in [6, 6.07) is 3.29. The number of alkyl halides is 2. The number of nitrogens with zero attached hydrogens (tertiary/aromatic N) is 3. The van der Waals surface area contributed by atoms with Crippen molar-refractivity contribution in [1.29, 1.82) is 0 Å². The van der Waals surface area contributed by atoms with Crippen LogP contribution in [0.5, 0.6) is 0 Å². The van der Waals surface area contributed by atoms with Crippen LogP contribution in [0, 0.1) is 5.41 Å². The molecule has 2 saturated heterocycles. The van der Waals surface area contributed by atoms with Crippen LogP contribution in [-0.4, -0.2) is 72.0 Å². The van der Waals surface area contributed by atoms with Gasteiger partial charge in [-0.2, -0.15) is 0 Å². The molecule has 2 aliphatic heterocycles. The van der Waals surface area contributed by atoms with Gasteiger partial charge in [0, 0.05) is 46.4 Å². The van der Waals surface area contributed by atoms with Crippen LogP contribution >= 0.6 is 0 Å². The summed E-state index contributed by atoms with van der Waals surface area (Å²) in [6.07, 6.45) is 1.53. The largest absolute Gasteiger partial charge is 0.383 e. The Labute approximate surface area is 145 Å². The first-order valence-electron chi connectivity index (χ1n) is 8.35. The van der Waals surface area contributed by atoms with E-state index in [0.717, 1.165) is 4.90 Å². The molecule has 0 N–H and O–H groups in total. The molecule has 1 aromatic rings. The Morgan fingerprint density at radius 1 is 1.36 bits per heavy atom. The summed E-state index contributed by atoms with van der Waals surface area (Å²) in [5.41, 5.74) is -0.856. The third-order valence-corrected chi connectivity index (χ3v) is 5.13. The second kappa shape index (κ2) is 6.40. The van der Waals surface area contributed by atoms with Crippen LogP contribution in [0.3, 0.4) is 0 Å². The lowest BCUT2D eigenvalue weighted by atomic mass is 9.77. The number of hydrogen-bond donors (Lipinski definition) is 0. The van der Waals surface area contributed by atoms with E-state index < -0.39 is 30.2 Å². The summed E-state index contributed by atoms with van der Waals surface area (Å²) in [5, 5.41) is 0. The number of halogens is 2. The summed E-state index contributed by atoms with van der Waals surface area (Å²) < 4.78 is 35.4. The van der Waals surface area contributed by atoms with Gasteiger partial charge < -0.3 is 19.1 Å². The van der Waals surface area contributed by atoms with Crippen LogP contribution < -0.4 is 0 Å². The number of aryl methyl sites for hydroxylation is 1. The maximum atomic E-state index is 14.4. The highest BCUT2D eigenvalue weighted by Gasteiger charge is 2.57. The standard InChI is InChI=1S/C17H23F2N3O3/c1-20-6-3-4-13(20)14(23)22-11-16(10-17(18,19)12-22)5-7-21(15(16)24)8-9-25-2/h3-4,6H,5,7-12H2,1-2H3/t16-/m0/s1. The van der Waals surface area contributed by atoms with Crippen molar-refractivity contribution in [2.24, 2.45) is 12.5 Å². The first kappa shape index (κ1) is 17.8. The number of likely N-dealkylation sites (tertiary alicyclic amines) is 2. The third-order valence-electron chi connectivity index (χ3n) is 5.13. The van der Waals surface area contributed by atoms with E-state index in [9.17, 15) is 18.4 Å². The van der Waals surface area contributed by atoms with Gasteiger partial charge in [0.1, 0.15) is 5.69 Å². The fraction of sp³-hybridized carbons (Fsp3) is 0.647. The van der Waals surface area contributed by atoms with Crippen molar-refractivity contribution < 1.29 is 23.1 Å². The molecule has 3 rings (SSSR count). The number of aromatic nitrogens is 1. The molecule has 0 aromatic carbocycles. The van der Waals surface area contributed by atoms with Crippen LogP contribution in [0.1, 0.15) is 23.3 Å². The van der Waals surface area contributed by atoms with Gasteiger partial charge in [-0.3, -0.25) is 9.59 Å². The van der Waals surface area contributed by atoms with Gasteiger partial charge in [0.15, 0.2) is 0 Å². The molecule has 0 bridgehead atoms. The minimum atomic E-state index is -3.08. The van der Waals surface area contributed by atoms with E-state index in [1.165, 1.54) is 7.11 Å². The smallest absolute Gasteiger partial charge is 0.270 e. The molecule has 2 fully saturated rings. The number of carbonyl (C=O) groups is 2. The molecule has 1 atom stereocenters. The number of amides is 2. The first-order chi connectivity index (χ1) is 11.8. The lowest BCUT2D eigenvalue weighted by Crippen LogP contribution is -2.57. The molecule has 138 valence electrons. The van der Waals surface area contributed by atoms with E-state index in [-0.39, 0.29) is 12.5 Å². The Bertz CT molecular complexity index is 676. The van der Waals surface area contributed by atoms with Crippen molar-refractivity contribution >= 4 is 11.8 Å². The summed E-state index contributed by atoms with van der Waals surface area (Å²) in [5.74, 6) is -3.84. The Kier molecular flexibility index (Phi) is 4.57. The predicted molar refractivity (Wildman–Crippen MR) is 86.4 cm³/mol. The zero-order valence-electron chi connectivity index (χ0n) is 14.5. The Morgan fingerprint density at radius 2 is 2.12 bits per heavy atom. The first-order valence-corrected chi connectivity index (χ1v) is 8.35. The molecule has 1 aromatic heterocycles. The summed E-state index contributed by atoms with van der Waals surface area (Å²) in [4.78, 5) is 28.2. The van der Waals surface area contributed by atoms with E-state index in [1.807, 2.05) is 0 Å². The van der Waals surface area contributed by atoms with Gasteiger partial charge >= 0.3 is 0 Å². The van der Waals surface area contributed by atoms with E-state index in [0.29, 0.717) is 31.8 Å². The predicted octanol–water partition coefficient (Wildman–Crippen LogP) is 1.37. The third kappa shape index (κ3) is 3.27.